The van der Waals surface area contributed by atoms with Gasteiger partial charge in [0.05, 0.1) is 29.1 Å². The van der Waals surface area contributed by atoms with Crippen LogP contribution in [0.2, 0.25) is 5.02 Å². The highest BCUT2D eigenvalue weighted by Gasteiger charge is 2.29. The Balaban J connectivity index is 1.82. The third kappa shape index (κ3) is 2.62. The first-order valence-corrected chi connectivity index (χ1v) is 8.74. The Morgan fingerprint density at radius 1 is 1.46 bits per heavy atom. The zero-order valence-electron chi connectivity index (χ0n) is 12.6. The van der Waals surface area contributed by atoms with Crippen molar-refractivity contribution >= 4 is 38.4 Å². The van der Waals surface area contributed by atoms with Crippen molar-refractivity contribution in [3.05, 3.63) is 47.1 Å². The van der Waals surface area contributed by atoms with E-state index >= 15 is 0 Å². The molecular formula is C17H13BrClFN4. The van der Waals surface area contributed by atoms with Gasteiger partial charge in [0, 0.05) is 46.0 Å². The molecule has 4 nitrogen and oxygen atoms in total. The van der Waals surface area contributed by atoms with E-state index in [1.165, 1.54) is 0 Å². The maximum atomic E-state index is 13.7. The first kappa shape index (κ1) is 15.7. The molecule has 3 heterocycles. The number of rotatable bonds is 3. The van der Waals surface area contributed by atoms with E-state index in [0.717, 1.165) is 22.3 Å². The normalized spacial score (nSPS) is 17.5. The molecule has 122 valence electrons. The Morgan fingerprint density at radius 3 is 3.12 bits per heavy atom. The molecule has 0 bridgehead atoms. The minimum Gasteiger partial charge on any atom is -0.331 e. The number of fused-ring (bicyclic) bond motifs is 2. The van der Waals surface area contributed by atoms with Crippen LogP contribution in [-0.2, 0) is 13.0 Å². The molecule has 1 aliphatic heterocycles. The molecule has 0 spiro atoms. The van der Waals surface area contributed by atoms with Gasteiger partial charge >= 0.3 is 0 Å². The minimum atomic E-state index is -0.851. The molecular weight excluding hydrogens is 395 g/mol. The van der Waals surface area contributed by atoms with E-state index in [9.17, 15) is 4.39 Å². The van der Waals surface area contributed by atoms with E-state index in [0.29, 0.717) is 24.4 Å². The van der Waals surface area contributed by atoms with Crippen LogP contribution in [0.15, 0.2) is 30.7 Å². The highest BCUT2D eigenvalue weighted by atomic mass is 79.9. The molecule has 1 aliphatic rings. The maximum Gasteiger partial charge on any atom is 0.123 e. The molecule has 0 N–H and O–H groups in total. The summed E-state index contributed by atoms with van der Waals surface area (Å²) in [6.45, 7) is 0.367. The van der Waals surface area contributed by atoms with Crippen LogP contribution in [0.4, 0.5) is 4.39 Å². The van der Waals surface area contributed by atoms with E-state index < -0.39 is 6.17 Å². The molecule has 2 aromatic heterocycles. The topological polar surface area (TPSA) is 35.6 Å². The van der Waals surface area contributed by atoms with Gasteiger partial charge in [-0.05, 0) is 17.0 Å². The van der Waals surface area contributed by atoms with Crippen LogP contribution in [0.3, 0.4) is 0 Å². The van der Waals surface area contributed by atoms with E-state index in [-0.39, 0.29) is 6.04 Å². The molecule has 0 fully saturated rings. The number of hydrogen-bond acceptors (Lipinski definition) is 2. The first-order chi connectivity index (χ1) is 11.7. The third-order valence-corrected chi connectivity index (χ3v) is 4.91. The molecule has 0 radical (unpaired) electrons. The van der Waals surface area contributed by atoms with Crippen LogP contribution < -0.4 is 0 Å². The summed E-state index contributed by atoms with van der Waals surface area (Å²) in [4.78, 5) is 7.25. The minimum absolute atomic E-state index is 0.180. The molecule has 0 saturated carbocycles. The van der Waals surface area contributed by atoms with Gasteiger partial charge in [0.25, 0.3) is 0 Å². The zero-order valence-corrected chi connectivity index (χ0v) is 14.9. The van der Waals surface area contributed by atoms with Crippen molar-refractivity contribution in [1.82, 2.24) is 19.3 Å². The Kier molecular flexibility index (Phi) is 4.07. The van der Waals surface area contributed by atoms with Crippen molar-refractivity contribution in [3.8, 4) is 10.8 Å². The fourth-order valence-electron chi connectivity index (χ4n) is 3.21. The predicted octanol–water partition coefficient (Wildman–Crippen LogP) is 4.12. The maximum absolute atomic E-state index is 13.7. The molecule has 0 saturated heterocycles. The molecule has 3 aromatic rings. The largest absolute Gasteiger partial charge is 0.331 e. The fourth-order valence-corrected chi connectivity index (χ4v) is 3.59. The van der Waals surface area contributed by atoms with E-state index in [1.54, 1.807) is 6.33 Å². The average Bonchev–Trinajstić information content (AvgIpc) is 3.23. The quantitative estimate of drug-likeness (QED) is 0.612. The van der Waals surface area contributed by atoms with Gasteiger partial charge in [-0.15, -0.1) is 0 Å². The van der Waals surface area contributed by atoms with Crippen molar-refractivity contribution in [1.29, 1.82) is 0 Å². The third-order valence-electron chi connectivity index (χ3n) is 4.30. The highest BCUT2D eigenvalue weighted by molar-refractivity contribution is 9.12. The Labute approximate surface area is 151 Å². The second-order valence-corrected chi connectivity index (χ2v) is 6.61. The van der Waals surface area contributed by atoms with E-state index in [4.69, 9.17) is 11.6 Å². The second kappa shape index (κ2) is 6.23. The molecule has 0 aliphatic carbocycles. The summed E-state index contributed by atoms with van der Waals surface area (Å²) in [6, 6.07) is 5.45. The summed E-state index contributed by atoms with van der Waals surface area (Å²) in [5, 5.41) is 6.17. The number of halogens is 3. The average molecular weight is 408 g/mol. The first-order valence-electron chi connectivity index (χ1n) is 7.57. The number of imidazole rings is 1. The van der Waals surface area contributed by atoms with Crippen molar-refractivity contribution < 1.29 is 4.39 Å². The number of nitrogens with zero attached hydrogens (tertiary/aromatic N) is 4. The van der Waals surface area contributed by atoms with Gasteiger partial charge in [-0.25, -0.2) is 9.37 Å². The zero-order chi connectivity index (χ0) is 16.7. The van der Waals surface area contributed by atoms with Crippen molar-refractivity contribution in [3.63, 3.8) is 0 Å². The number of hydrogen-bond donors (Lipinski definition) is 0. The van der Waals surface area contributed by atoms with Gasteiger partial charge in [-0.2, -0.15) is 5.10 Å². The van der Waals surface area contributed by atoms with Crippen LogP contribution in [0, 0.1) is 10.8 Å². The van der Waals surface area contributed by atoms with Gasteiger partial charge in [0.15, 0.2) is 0 Å². The second-order valence-electron chi connectivity index (χ2n) is 5.80. The molecule has 1 aromatic carbocycles. The van der Waals surface area contributed by atoms with Gasteiger partial charge in [0.1, 0.15) is 12.2 Å². The number of alkyl halides is 1. The van der Waals surface area contributed by atoms with Gasteiger partial charge in [0.2, 0.25) is 0 Å². The Morgan fingerprint density at radius 2 is 2.33 bits per heavy atom. The lowest BCUT2D eigenvalue weighted by atomic mass is 10.1. The molecule has 7 heteroatoms. The van der Waals surface area contributed by atoms with Crippen LogP contribution >= 0.6 is 27.5 Å². The van der Waals surface area contributed by atoms with E-state index in [1.807, 2.05) is 33.6 Å². The molecule has 24 heavy (non-hydrogen) atoms. The summed E-state index contributed by atoms with van der Waals surface area (Å²) >= 11 is 9.39. The van der Waals surface area contributed by atoms with Crippen LogP contribution in [0.1, 0.15) is 23.9 Å². The van der Waals surface area contributed by atoms with Gasteiger partial charge < -0.3 is 4.57 Å². The van der Waals surface area contributed by atoms with Crippen LogP contribution in [0.5, 0.6) is 0 Å². The Hall–Kier alpha value is -1.84. The summed E-state index contributed by atoms with van der Waals surface area (Å²) in [7, 11) is 0. The smallest absolute Gasteiger partial charge is 0.123 e. The lowest BCUT2D eigenvalue weighted by Crippen LogP contribution is -2.13. The highest BCUT2D eigenvalue weighted by Crippen LogP contribution is 2.31. The van der Waals surface area contributed by atoms with E-state index in [2.05, 4.69) is 36.8 Å². The summed E-state index contributed by atoms with van der Waals surface area (Å²) in [6.07, 6.45) is 3.67. The fraction of sp³-hybridized carbons (Fsp3) is 0.294. The molecule has 1 unspecified atom stereocenters. The lowest BCUT2D eigenvalue weighted by molar-refractivity contribution is 0.328. The van der Waals surface area contributed by atoms with Crippen LogP contribution in [-0.4, -0.2) is 25.5 Å². The van der Waals surface area contributed by atoms with Crippen LogP contribution in [0.25, 0.3) is 10.9 Å². The SMILES string of the molecule is F[C@@H]1Cc2c(C(CC#CBr)n3cc4c(Cl)cccc4n3)ncn2C1. The number of aromatic nitrogens is 4. The predicted molar refractivity (Wildman–Crippen MR) is 95.0 cm³/mol. The summed E-state index contributed by atoms with van der Waals surface area (Å²) < 4.78 is 17.5. The summed E-state index contributed by atoms with van der Waals surface area (Å²) in [5.74, 6) is 3.03. The van der Waals surface area contributed by atoms with Crippen molar-refractivity contribution in [2.75, 3.05) is 0 Å². The van der Waals surface area contributed by atoms with Crippen molar-refractivity contribution in [2.24, 2.45) is 0 Å². The Bertz CT molecular complexity index is 968. The molecule has 2 atom stereocenters. The monoisotopic (exact) mass is 406 g/mol. The van der Waals surface area contributed by atoms with Gasteiger partial charge in [-0.3, -0.25) is 4.68 Å². The molecule has 4 rings (SSSR count). The molecule has 0 amide bonds. The number of benzene rings is 1. The van der Waals surface area contributed by atoms with Crippen molar-refractivity contribution in [2.45, 2.75) is 31.6 Å². The van der Waals surface area contributed by atoms with Gasteiger partial charge in [-0.1, -0.05) is 23.6 Å². The summed E-state index contributed by atoms with van der Waals surface area (Å²) in [5.41, 5.74) is 2.57. The standard InChI is InChI=1S/C17H13BrClFN4/c18-6-2-5-15(17-16-7-11(20)8-23(16)10-21-17)24-9-12-13(19)3-1-4-14(12)22-24/h1,3-4,9-11,15H,5,7-8H2/t11-,15?/m1/s1. The lowest BCUT2D eigenvalue weighted by Gasteiger charge is -2.14.